The molecule has 6 nitrogen and oxygen atoms in total. The van der Waals surface area contributed by atoms with E-state index >= 15 is 0 Å². The largest absolute Gasteiger partial charge is 0.464 e. The maximum Gasteiger partial charge on any atom is 0.328 e. The van der Waals surface area contributed by atoms with Crippen LogP contribution in [0.4, 0.5) is 0 Å². The lowest BCUT2D eigenvalue weighted by Gasteiger charge is -2.41. The molecule has 2 amide bonds. The van der Waals surface area contributed by atoms with Crippen molar-refractivity contribution in [3.63, 3.8) is 0 Å². The van der Waals surface area contributed by atoms with Gasteiger partial charge in [0, 0.05) is 6.54 Å². The first-order valence-electron chi connectivity index (χ1n) is 11.4. The smallest absolute Gasteiger partial charge is 0.328 e. The molecular formula is C26H38N2O4. The van der Waals surface area contributed by atoms with E-state index in [1.807, 2.05) is 37.3 Å². The number of hydrogen-bond donors (Lipinski definition) is 1. The van der Waals surface area contributed by atoms with Crippen LogP contribution in [0.15, 0.2) is 55.6 Å². The van der Waals surface area contributed by atoms with Gasteiger partial charge in [-0.15, -0.1) is 13.2 Å². The second-order valence-electron chi connectivity index (χ2n) is 7.96. The van der Waals surface area contributed by atoms with Crippen LogP contribution in [-0.2, 0) is 25.5 Å². The molecule has 2 unspecified atom stereocenters. The molecule has 0 aliphatic heterocycles. The SMILES string of the molecule is C=CCCC(C)(C(=O)NC(CC=C)C(=O)OCC)N(CCCC)C(=O)Cc1ccccc1. The van der Waals surface area contributed by atoms with Crippen LogP contribution in [0.5, 0.6) is 0 Å². The summed E-state index contributed by atoms with van der Waals surface area (Å²) in [5.74, 6) is -1.01. The Morgan fingerprint density at radius 1 is 1.16 bits per heavy atom. The molecule has 176 valence electrons. The van der Waals surface area contributed by atoms with Gasteiger partial charge >= 0.3 is 5.97 Å². The number of amides is 2. The molecule has 0 saturated heterocycles. The fraction of sp³-hybridized carbons (Fsp3) is 0.500. The van der Waals surface area contributed by atoms with Crippen molar-refractivity contribution in [2.45, 2.75) is 70.9 Å². The highest BCUT2D eigenvalue weighted by Crippen LogP contribution is 2.25. The van der Waals surface area contributed by atoms with Crippen LogP contribution in [0.2, 0.25) is 0 Å². The lowest BCUT2D eigenvalue weighted by atomic mass is 9.90. The molecule has 0 aliphatic rings. The fourth-order valence-corrected chi connectivity index (χ4v) is 3.52. The highest BCUT2D eigenvalue weighted by molar-refractivity contribution is 5.94. The molecule has 0 aromatic heterocycles. The summed E-state index contributed by atoms with van der Waals surface area (Å²) in [4.78, 5) is 40.9. The number of allylic oxidation sites excluding steroid dienone is 1. The van der Waals surface area contributed by atoms with Crippen LogP contribution < -0.4 is 5.32 Å². The number of nitrogens with one attached hydrogen (secondary N) is 1. The van der Waals surface area contributed by atoms with Crippen LogP contribution in [0, 0.1) is 0 Å². The summed E-state index contributed by atoms with van der Waals surface area (Å²) in [6.45, 7) is 13.6. The van der Waals surface area contributed by atoms with Gasteiger partial charge in [-0.3, -0.25) is 9.59 Å². The zero-order chi connectivity index (χ0) is 24.0. The highest BCUT2D eigenvalue weighted by Gasteiger charge is 2.42. The van der Waals surface area contributed by atoms with E-state index in [-0.39, 0.29) is 31.3 Å². The minimum absolute atomic E-state index is 0.122. The summed E-state index contributed by atoms with van der Waals surface area (Å²) >= 11 is 0. The molecule has 32 heavy (non-hydrogen) atoms. The Labute approximate surface area is 192 Å². The van der Waals surface area contributed by atoms with Gasteiger partial charge in [0.05, 0.1) is 13.0 Å². The van der Waals surface area contributed by atoms with Crippen LogP contribution in [-0.4, -0.2) is 47.4 Å². The van der Waals surface area contributed by atoms with Gasteiger partial charge in [0.2, 0.25) is 11.8 Å². The zero-order valence-corrected chi connectivity index (χ0v) is 19.8. The third-order valence-electron chi connectivity index (χ3n) is 5.43. The predicted octanol–water partition coefficient (Wildman–Crippen LogP) is 4.21. The number of benzene rings is 1. The van der Waals surface area contributed by atoms with Crippen LogP contribution in [0.25, 0.3) is 0 Å². The van der Waals surface area contributed by atoms with Crippen LogP contribution in [0.1, 0.15) is 58.4 Å². The molecular weight excluding hydrogens is 404 g/mol. The number of rotatable bonds is 15. The first-order valence-corrected chi connectivity index (χ1v) is 11.4. The lowest BCUT2D eigenvalue weighted by Crippen LogP contribution is -2.61. The van der Waals surface area contributed by atoms with E-state index in [4.69, 9.17) is 4.74 Å². The minimum atomic E-state index is -1.14. The molecule has 0 heterocycles. The molecule has 6 heteroatoms. The van der Waals surface area contributed by atoms with Gasteiger partial charge in [-0.25, -0.2) is 4.79 Å². The number of carbonyl (C=O) groups excluding carboxylic acids is 3. The molecule has 1 N–H and O–H groups in total. The highest BCUT2D eigenvalue weighted by atomic mass is 16.5. The van der Waals surface area contributed by atoms with Gasteiger partial charge in [-0.2, -0.15) is 0 Å². The molecule has 2 atom stereocenters. The van der Waals surface area contributed by atoms with Gasteiger partial charge in [-0.05, 0) is 45.1 Å². The van der Waals surface area contributed by atoms with Crippen LogP contribution in [0.3, 0.4) is 0 Å². The molecule has 0 saturated carbocycles. The van der Waals surface area contributed by atoms with Crippen molar-refractivity contribution >= 4 is 17.8 Å². The lowest BCUT2D eigenvalue weighted by molar-refractivity contribution is -0.151. The van der Waals surface area contributed by atoms with E-state index in [2.05, 4.69) is 18.5 Å². The van der Waals surface area contributed by atoms with Gasteiger partial charge in [-0.1, -0.05) is 55.8 Å². The molecule has 0 aliphatic carbocycles. The van der Waals surface area contributed by atoms with E-state index in [1.165, 1.54) is 0 Å². The van der Waals surface area contributed by atoms with Crippen molar-refractivity contribution in [3.8, 4) is 0 Å². The Morgan fingerprint density at radius 3 is 2.41 bits per heavy atom. The molecule has 0 bridgehead atoms. The maximum absolute atomic E-state index is 13.5. The number of hydrogen-bond acceptors (Lipinski definition) is 4. The monoisotopic (exact) mass is 442 g/mol. The second-order valence-corrected chi connectivity index (χ2v) is 7.96. The van der Waals surface area contributed by atoms with Crippen molar-refractivity contribution in [1.29, 1.82) is 0 Å². The van der Waals surface area contributed by atoms with E-state index in [1.54, 1.807) is 30.9 Å². The second kappa shape index (κ2) is 14.2. The molecule has 1 aromatic rings. The third-order valence-corrected chi connectivity index (χ3v) is 5.43. The first kappa shape index (κ1) is 27.1. The van der Waals surface area contributed by atoms with Crippen molar-refractivity contribution in [2.24, 2.45) is 0 Å². The number of ether oxygens (including phenoxy) is 1. The Balaban J connectivity index is 3.24. The average Bonchev–Trinajstić information content (AvgIpc) is 2.78. The van der Waals surface area contributed by atoms with Crippen molar-refractivity contribution in [1.82, 2.24) is 10.2 Å². The quantitative estimate of drug-likeness (QED) is 0.326. The number of esters is 1. The molecule has 0 spiro atoms. The summed E-state index contributed by atoms with van der Waals surface area (Å²) in [6.07, 6.45) is 6.36. The Kier molecular flexibility index (Phi) is 12.1. The Hall–Kier alpha value is -2.89. The minimum Gasteiger partial charge on any atom is -0.464 e. The molecule has 0 fully saturated rings. The Bertz CT molecular complexity index is 762. The van der Waals surface area contributed by atoms with Crippen molar-refractivity contribution < 1.29 is 19.1 Å². The summed E-state index contributed by atoms with van der Waals surface area (Å²) in [6, 6.07) is 8.64. The summed E-state index contributed by atoms with van der Waals surface area (Å²) < 4.78 is 5.10. The van der Waals surface area contributed by atoms with Gasteiger partial charge in [0.1, 0.15) is 11.6 Å². The van der Waals surface area contributed by atoms with Crippen molar-refractivity contribution in [3.05, 3.63) is 61.2 Å². The standard InChI is InChI=1S/C26H38N2O4/c1-6-10-18-26(5,25(31)27-22(15-8-3)24(30)32-9-4)28(19-11-7-2)23(29)20-21-16-13-12-14-17-21/h6,8,12-14,16-17,22H,1,3,7,9-11,15,18-20H2,2,4-5H3,(H,27,31). The normalized spacial score (nSPS) is 13.3. The van der Waals surface area contributed by atoms with E-state index < -0.39 is 17.6 Å². The predicted molar refractivity (Wildman–Crippen MR) is 128 cm³/mol. The van der Waals surface area contributed by atoms with E-state index in [0.717, 1.165) is 18.4 Å². The number of carbonyl (C=O) groups is 3. The van der Waals surface area contributed by atoms with Crippen molar-refractivity contribution in [2.75, 3.05) is 13.2 Å². The zero-order valence-electron chi connectivity index (χ0n) is 19.8. The van der Waals surface area contributed by atoms with E-state index in [0.29, 0.717) is 19.4 Å². The van der Waals surface area contributed by atoms with Crippen LogP contribution >= 0.6 is 0 Å². The summed E-state index contributed by atoms with van der Waals surface area (Å²) in [7, 11) is 0. The number of nitrogens with zero attached hydrogens (tertiary/aromatic N) is 1. The summed E-state index contributed by atoms with van der Waals surface area (Å²) in [5, 5.41) is 2.81. The molecule has 0 radical (unpaired) electrons. The number of unbranched alkanes of at least 4 members (excludes halogenated alkanes) is 1. The average molecular weight is 443 g/mol. The Morgan fingerprint density at radius 2 is 1.84 bits per heavy atom. The third kappa shape index (κ3) is 7.98. The first-order chi connectivity index (χ1) is 15.3. The topological polar surface area (TPSA) is 75.7 Å². The molecule has 1 rings (SSSR count). The fourth-order valence-electron chi connectivity index (χ4n) is 3.52. The van der Waals surface area contributed by atoms with E-state index in [9.17, 15) is 14.4 Å². The van der Waals surface area contributed by atoms with Gasteiger partial charge in [0.25, 0.3) is 0 Å². The molecule has 1 aromatic carbocycles. The maximum atomic E-state index is 13.5. The van der Waals surface area contributed by atoms with Gasteiger partial charge < -0.3 is 15.0 Å². The summed E-state index contributed by atoms with van der Waals surface area (Å²) in [5.41, 5.74) is -0.247. The van der Waals surface area contributed by atoms with Gasteiger partial charge in [0.15, 0.2) is 0 Å².